The minimum atomic E-state index is 0. The quantitative estimate of drug-likeness (QED) is 0.474. The Bertz CT molecular complexity index is 805. The van der Waals surface area contributed by atoms with E-state index in [9.17, 15) is 0 Å². The van der Waals surface area contributed by atoms with Crippen molar-refractivity contribution in [2.24, 2.45) is 0 Å². The summed E-state index contributed by atoms with van der Waals surface area (Å²) in [5, 5.41) is 4.85. The average molecular weight is 406 g/mol. The van der Waals surface area contributed by atoms with Crippen molar-refractivity contribution in [1.29, 1.82) is 0 Å². The van der Waals surface area contributed by atoms with Crippen LogP contribution in [0.3, 0.4) is 0 Å². The highest BCUT2D eigenvalue weighted by Gasteiger charge is 2.26. The monoisotopic (exact) mass is 405 g/mol. The molecule has 0 fully saturated rings. The molecule has 0 bridgehead atoms. The lowest BCUT2D eigenvalue weighted by atomic mass is 10.2. The zero-order valence-corrected chi connectivity index (χ0v) is 17.7. The molecular formula is C20H24ClN3S2. The smallest absolute Gasteiger partial charge is 0.312 e. The Morgan fingerprint density at radius 1 is 0.962 bits per heavy atom. The molecule has 138 valence electrons. The summed E-state index contributed by atoms with van der Waals surface area (Å²) in [6, 6.07) is 21.2. The minimum absolute atomic E-state index is 0. The normalized spacial score (nSPS) is 10.3. The second kappa shape index (κ2) is 9.86. The Balaban J connectivity index is 0.00000243. The Labute approximate surface area is 170 Å². The van der Waals surface area contributed by atoms with Crippen LogP contribution in [-0.2, 0) is 13.1 Å². The second-order valence-electron chi connectivity index (χ2n) is 6.03. The van der Waals surface area contributed by atoms with Gasteiger partial charge in [-0.3, -0.25) is 4.90 Å². The Morgan fingerprint density at radius 3 is 2.08 bits per heavy atom. The highest BCUT2D eigenvalue weighted by molar-refractivity contribution is 8.00. The van der Waals surface area contributed by atoms with Crippen LogP contribution in [0.1, 0.15) is 11.1 Å². The maximum Gasteiger partial charge on any atom is 0.312 e. The highest BCUT2D eigenvalue weighted by Crippen LogP contribution is 2.34. The van der Waals surface area contributed by atoms with Crippen molar-refractivity contribution in [3.05, 3.63) is 71.8 Å². The van der Waals surface area contributed by atoms with Crippen LogP contribution in [0.5, 0.6) is 0 Å². The van der Waals surface area contributed by atoms with E-state index in [1.165, 1.54) is 26.3 Å². The van der Waals surface area contributed by atoms with Crippen molar-refractivity contribution < 1.29 is 17.0 Å². The van der Waals surface area contributed by atoms with Crippen LogP contribution in [0.15, 0.2) is 65.0 Å². The van der Waals surface area contributed by atoms with Gasteiger partial charge in [-0.15, -0.1) is 0 Å². The van der Waals surface area contributed by atoms with Crippen LogP contribution in [0.4, 0.5) is 10.8 Å². The van der Waals surface area contributed by atoms with Crippen LogP contribution in [0, 0.1) is 0 Å². The third-order valence-corrected chi connectivity index (χ3v) is 6.19. The van der Waals surface area contributed by atoms with Crippen molar-refractivity contribution >= 4 is 33.9 Å². The molecule has 1 N–H and O–H groups in total. The lowest BCUT2D eigenvalue weighted by Crippen LogP contribution is -3.00. The van der Waals surface area contributed by atoms with Crippen LogP contribution in [-0.4, -0.2) is 20.4 Å². The molecule has 1 aromatic heterocycles. The van der Waals surface area contributed by atoms with E-state index in [4.69, 9.17) is 0 Å². The fourth-order valence-corrected chi connectivity index (χ4v) is 4.71. The molecule has 3 nitrogen and oxygen atoms in total. The van der Waals surface area contributed by atoms with E-state index in [-0.39, 0.29) is 12.4 Å². The summed E-state index contributed by atoms with van der Waals surface area (Å²) in [6.07, 6.45) is 2.15. The zero-order chi connectivity index (χ0) is 17.6. The number of hydrogen-bond acceptors (Lipinski definition) is 4. The summed E-state index contributed by atoms with van der Waals surface area (Å²) < 4.78 is 3.71. The van der Waals surface area contributed by atoms with Gasteiger partial charge in [-0.25, -0.2) is 4.57 Å². The van der Waals surface area contributed by atoms with Gasteiger partial charge >= 0.3 is 5.82 Å². The number of benzene rings is 2. The maximum atomic E-state index is 3.63. The first-order valence-corrected chi connectivity index (χ1v) is 10.3. The van der Waals surface area contributed by atoms with Crippen LogP contribution >= 0.6 is 23.1 Å². The molecule has 0 spiro atoms. The van der Waals surface area contributed by atoms with Gasteiger partial charge in [-0.05, 0) is 17.4 Å². The van der Waals surface area contributed by atoms with Gasteiger partial charge in [0, 0.05) is 6.54 Å². The molecule has 0 aliphatic heterocycles. The molecule has 1 heterocycles. The van der Waals surface area contributed by atoms with E-state index < -0.39 is 0 Å². The number of halogens is 1. The number of nitrogens with one attached hydrogen (secondary N) is 1. The predicted octanol–water partition coefficient (Wildman–Crippen LogP) is 1.49. The van der Waals surface area contributed by atoms with Gasteiger partial charge in [0.15, 0.2) is 5.00 Å². The lowest BCUT2D eigenvalue weighted by molar-refractivity contribution is -0.705. The largest absolute Gasteiger partial charge is 1.00 e. The summed E-state index contributed by atoms with van der Waals surface area (Å²) >= 11 is 3.63. The standard InChI is InChI=1S/C20H24N3S2.ClH/c1-22(2)19-18(21-14-16-10-6-4-7-11-16)25-20(24-3)23(19)15-17-12-8-5-9-13-17;/h4-13,21H,14-15H2,1-3H3;1H/q+1;/p-1. The second-order valence-corrected chi connectivity index (χ2v) is 8.08. The summed E-state index contributed by atoms with van der Waals surface area (Å²) in [7, 11) is 4.22. The van der Waals surface area contributed by atoms with E-state index in [0.717, 1.165) is 13.1 Å². The van der Waals surface area contributed by atoms with Crippen molar-refractivity contribution in [3.8, 4) is 0 Å². The maximum absolute atomic E-state index is 3.63. The van der Waals surface area contributed by atoms with Gasteiger partial charge in [0.1, 0.15) is 6.54 Å². The molecule has 0 atom stereocenters. The average Bonchev–Trinajstić information content (AvgIpc) is 2.99. The van der Waals surface area contributed by atoms with Gasteiger partial charge in [-0.2, -0.15) is 0 Å². The number of thioether (sulfide) groups is 1. The topological polar surface area (TPSA) is 19.1 Å². The molecule has 26 heavy (non-hydrogen) atoms. The molecule has 3 rings (SSSR count). The first-order valence-electron chi connectivity index (χ1n) is 8.28. The van der Waals surface area contributed by atoms with Gasteiger partial charge in [0.25, 0.3) is 0 Å². The Hall–Kier alpha value is -1.69. The number of rotatable bonds is 7. The molecule has 0 saturated carbocycles. The van der Waals surface area contributed by atoms with E-state index in [1.807, 2.05) is 11.3 Å². The van der Waals surface area contributed by atoms with Gasteiger partial charge in [0.05, 0.1) is 14.1 Å². The summed E-state index contributed by atoms with van der Waals surface area (Å²) in [4.78, 5) is 2.20. The van der Waals surface area contributed by atoms with Crippen molar-refractivity contribution in [1.82, 2.24) is 0 Å². The molecule has 0 radical (unpaired) electrons. The SMILES string of the molecule is CSc1sc(NCc2ccccc2)c(N(C)C)[n+]1Cc1ccccc1.[Cl-]. The predicted molar refractivity (Wildman–Crippen MR) is 110 cm³/mol. The van der Waals surface area contributed by atoms with E-state index in [0.29, 0.717) is 0 Å². The molecule has 0 saturated heterocycles. The Morgan fingerprint density at radius 2 is 1.54 bits per heavy atom. The minimum Gasteiger partial charge on any atom is -1.00 e. The number of anilines is 2. The molecular weight excluding hydrogens is 382 g/mol. The number of thiazole rings is 1. The first-order chi connectivity index (χ1) is 12.2. The van der Waals surface area contributed by atoms with Crippen LogP contribution in [0.2, 0.25) is 0 Å². The lowest BCUT2D eigenvalue weighted by Gasteiger charge is -2.11. The summed E-state index contributed by atoms with van der Waals surface area (Å²) in [6.45, 7) is 1.72. The van der Waals surface area contributed by atoms with Gasteiger partial charge in [-0.1, -0.05) is 83.8 Å². The Kier molecular flexibility index (Phi) is 7.82. The van der Waals surface area contributed by atoms with Gasteiger partial charge < -0.3 is 17.7 Å². The molecule has 3 aromatic rings. The summed E-state index contributed by atoms with van der Waals surface area (Å²) in [5.74, 6) is 1.23. The molecule has 6 heteroatoms. The van der Waals surface area contributed by atoms with E-state index >= 15 is 0 Å². The van der Waals surface area contributed by atoms with Crippen molar-refractivity contribution in [2.45, 2.75) is 17.4 Å². The molecule has 0 aliphatic rings. The number of nitrogens with zero attached hydrogens (tertiary/aromatic N) is 2. The van der Waals surface area contributed by atoms with Crippen LogP contribution < -0.4 is 27.2 Å². The highest BCUT2D eigenvalue weighted by atomic mass is 35.5. The van der Waals surface area contributed by atoms with Crippen molar-refractivity contribution in [2.75, 3.05) is 30.6 Å². The molecule has 0 aliphatic carbocycles. The third-order valence-electron chi connectivity index (χ3n) is 3.95. The fraction of sp³-hybridized carbons (Fsp3) is 0.250. The van der Waals surface area contributed by atoms with Crippen LogP contribution in [0.25, 0.3) is 0 Å². The number of aromatic nitrogens is 1. The molecule has 0 amide bonds. The van der Waals surface area contributed by atoms with Crippen molar-refractivity contribution in [3.63, 3.8) is 0 Å². The van der Waals surface area contributed by atoms with Gasteiger partial charge in [0.2, 0.25) is 4.34 Å². The summed E-state index contributed by atoms with van der Waals surface area (Å²) in [5.41, 5.74) is 2.61. The first kappa shape index (κ1) is 20.6. The third kappa shape index (κ3) is 4.93. The van der Waals surface area contributed by atoms with E-state index in [2.05, 4.69) is 95.8 Å². The molecule has 0 unspecified atom stereocenters. The molecule has 2 aromatic carbocycles. The number of hydrogen-bond donors (Lipinski definition) is 1. The van der Waals surface area contributed by atoms with E-state index in [1.54, 1.807) is 11.8 Å². The fourth-order valence-electron chi connectivity index (χ4n) is 2.79. The zero-order valence-electron chi connectivity index (χ0n) is 15.3.